The lowest BCUT2D eigenvalue weighted by Gasteiger charge is -2.16. The number of pyridine rings is 1. The van der Waals surface area contributed by atoms with E-state index in [1.165, 1.54) is 30.6 Å². The lowest BCUT2D eigenvalue weighted by atomic mass is 10.1. The Kier molecular flexibility index (Phi) is 4.21. The van der Waals surface area contributed by atoms with Gasteiger partial charge in [-0.05, 0) is 36.8 Å². The molecular weight excluding hydrogens is 317 g/mol. The zero-order chi connectivity index (χ0) is 16.4. The highest BCUT2D eigenvalue weighted by molar-refractivity contribution is 6.29. The van der Waals surface area contributed by atoms with Gasteiger partial charge in [0, 0.05) is 11.8 Å². The van der Waals surface area contributed by atoms with Crippen LogP contribution in [0.2, 0.25) is 5.15 Å². The summed E-state index contributed by atoms with van der Waals surface area (Å²) in [4.78, 5) is 20.6. The summed E-state index contributed by atoms with van der Waals surface area (Å²) in [6, 6.07) is 9.14. The molecule has 0 aliphatic carbocycles. The third-order valence-electron chi connectivity index (χ3n) is 3.66. The lowest BCUT2D eigenvalue weighted by Crippen LogP contribution is -2.14. The normalized spacial score (nSPS) is 12.1. The van der Waals surface area contributed by atoms with E-state index in [-0.39, 0.29) is 22.8 Å². The fourth-order valence-corrected chi connectivity index (χ4v) is 2.56. The molecule has 2 aromatic heterocycles. The second-order valence-electron chi connectivity index (χ2n) is 5.11. The predicted molar refractivity (Wildman–Crippen MR) is 85.1 cm³/mol. The minimum atomic E-state index is -0.297. The van der Waals surface area contributed by atoms with Crippen molar-refractivity contribution in [3.8, 4) is 0 Å². The maximum atomic E-state index is 13.1. The molecule has 3 rings (SSSR count). The van der Waals surface area contributed by atoms with E-state index in [1.807, 2.05) is 6.92 Å². The van der Waals surface area contributed by atoms with Crippen LogP contribution in [0.15, 0.2) is 55.1 Å². The first-order valence-electron chi connectivity index (χ1n) is 7.00. The molecule has 6 heteroatoms. The number of nitrogens with zero attached hydrogens (tertiary/aromatic N) is 3. The van der Waals surface area contributed by atoms with Crippen molar-refractivity contribution < 1.29 is 9.18 Å². The van der Waals surface area contributed by atoms with Crippen LogP contribution in [0.25, 0.3) is 0 Å². The molecule has 0 amide bonds. The Labute approximate surface area is 137 Å². The Balaban J connectivity index is 1.96. The van der Waals surface area contributed by atoms with E-state index >= 15 is 0 Å². The van der Waals surface area contributed by atoms with Crippen LogP contribution in [-0.4, -0.2) is 20.3 Å². The zero-order valence-corrected chi connectivity index (χ0v) is 13.0. The quantitative estimate of drug-likeness (QED) is 0.538. The summed E-state index contributed by atoms with van der Waals surface area (Å²) in [5.41, 5.74) is 1.76. The first-order chi connectivity index (χ1) is 11.1. The standard InChI is InChI=1S/C17H13ClFN3O/c1-11(12-2-4-14(19)5-3-12)22-10-20-9-15(22)17(23)13-6-7-21-16(18)8-13/h2-11H,1H3/t11-/m1/s1. The van der Waals surface area contributed by atoms with Gasteiger partial charge < -0.3 is 4.57 Å². The molecule has 0 aliphatic rings. The second kappa shape index (κ2) is 6.30. The molecule has 0 fully saturated rings. The predicted octanol–water partition coefficient (Wildman–Crippen LogP) is 3.91. The summed E-state index contributed by atoms with van der Waals surface area (Å²) >= 11 is 5.84. The molecule has 1 atom stereocenters. The molecule has 3 aromatic rings. The summed E-state index contributed by atoms with van der Waals surface area (Å²) in [5.74, 6) is -0.491. The number of ketones is 1. The molecule has 0 bridgehead atoms. The zero-order valence-electron chi connectivity index (χ0n) is 12.3. The molecule has 0 spiro atoms. The molecule has 0 unspecified atom stereocenters. The number of carbonyl (C=O) groups is 1. The van der Waals surface area contributed by atoms with Crippen LogP contribution in [0.3, 0.4) is 0 Å². The van der Waals surface area contributed by atoms with Crippen LogP contribution in [0.1, 0.15) is 34.6 Å². The number of aromatic nitrogens is 3. The van der Waals surface area contributed by atoms with Crippen molar-refractivity contribution in [2.45, 2.75) is 13.0 Å². The summed E-state index contributed by atoms with van der Waals surface area (Å²) in [6.45, 7) is 1.92. The number of rotatable bonds is 4. The van der Waals surface area contributed by atoms with Gasteiger partial charge in [0.1, 0.15) is 16.7 Å². The van der Waals surface area contributed by atoms with Crippen LogP contribution in [-0.2, 0) is 0 Å². The maximum Gasteiger partial charge on any atom is 0.211 e. The lowest BCUT2D eigenvalue weighted by molar-refractivity contribution is 0.102. The highest BCUT2D eigenvalue weighted by atomic mass is 35.5. The van der Waals surface area contributed by atoms with Crippen molar-refractivity contribution in [1.82, 2.24) is 14.5 Å². The van der Waals surface area contributed by atoms with Crippen molar-refractivity contribution in [3.63, 3.8) is 0 Å². The molecule has 0 saturated carbocycles. The number of hydrogen-bond acceptors (Lipinski definition) is 3. The van der Waals surface area contributed by atoms with E-state index in [2.05, 4.69) is 9.97 Å². The van der Waals surface area contributed by atoms with Gasteiger partial charge in [-0.2, -0.15) is 0 Å². The van der Waals surface area contributed by atoms with E-state index in [1.54, 1.807) is 29.1 Å². The molecule has 0 radical (unpaired) electrons. The Hall–Kier alpha value is -2.53. The minimum Gasteiger partial charge on any atom is -0.321 e. The molecule has 23 heavy (non-hydrogen) atoms. The molecule has 1 aromatic carbocycles. The summed E-state index contributed by atoms with van der Waals surface area (Å²) in [7, 11) is 0. The number of carbonyl (C=O) groups excluding carboxylic acids is 1. The fraction of sp³-hybridized carbons (Fsp3) is 0.118. The molecule has 2 heterocycles. The van der Waals surface area contributed by atoms with Gasteiger partial charge in [0.2, 0.25) is 5.78 Å². The number of benzene rings is 1. The van der Waals surface area contributed by atoms with E-state index in [9.17, 15) is 9.18 Å². The van der Waals surface area contributed by atoms with E-state index in [0.717, 1.165) is 5.56 Å². The third kappa shape index (κ3) is 3.14. The Morgan fingerprint density at radius 1 is 1.26 bits per heavy atom. The second-order valence-corrected chi connectivity index (χ2v) is 5.50. The highest BCUT2D eigenvalue weighted by Gasteiger charge is 2.19. The van der Waals surface area contributed by atoms with Gasteiger partial charge >= 0.3 is 0 Å². The minimum absolute atomic E-state index is 0.158. The molecule has 4 nitrogen and oxygen atoms in total. The third-order valence-corrected chi connectivity index (χ3v) is 3.86. The van der Waals surface area contributed by atoms with E-state index in [4.69, 9.17) is 11.6 Å². The van der Waals surface area contributed by atoms with Crippen LogP contribution < -0.4 is 0 Å². The average molecular weight is 330 g/mol. The molecule has 0 saturated heterocycles. The topological polar surface area (TPSA) is 47.8 Å². The van der Waals surface area contributed by atoms with Crippen molar-refractivity contribution in [3.05, 3.63) is 82.9 Å². The highest BCUT2D eigenvalue weighted by Crippen LogP contribution is 2.22. The fourth-order valence-electron chi connectivity index (χ4n) is 2.38. The first kappa shape index (κ1) is 15.4. The van der Waals surface area contributed by atoms with Crippen LogP contribution in [0.4, 0.5) is 4.39 Å². The monoisotopic (exact) mass is 329 g/mol. The Morgan fingerprint density at radius 2 is 2.00 bits per heavy atom. The van der Waals surface area contributed by atoms with E-state index in [0.29, 0.717) is 11.3 Å². The Bertz CT molecular complexity index is 845. The molecular formula is C17H13ClFN3O. The van der Waals surface area contributed by atoms with Crippen LogP contribution in [0, 0.1) is 5.82 Å². The van der Waals surface area contributed by atoms with Crippen molar-refractivity contribution in [2.24, 2.45) is 0 Å². The van der Waals surface area contributed by atoms with Gasteiger partial charge in [-0.1, -0.05) is 23.7 Å². The summed E-state index contributed by atoms with van der Waals surface area (Å²) in [6.07, 6.45) is 4.58. The van der Waals surface area contributed by atoms with Gasteiger partial charge in [0.15, 0.2) is 0 Å². The summed E-state index contributed by atoms with van der Waals surface area (Å²) < 4.78 is 14.8. The van der Waals surface area contributed by atoms with Gasteiger partial charge in [0.25, 0.3) is 0 Å². The molecule has 0 N–H and O–H groups in total. The van der Waals surface area contributed by atoms with Crippen LogP contribution >= 0.6 is 11.6 Å². The number of halogens is 2. The van der Waals surface area contributed by atoms with Crippen molar-refractivity contribution in [1.29, 1.82) is 0 Å². The van der Waals surface area contributed by atoms with Gasteiger partial charge in [-0.3, -0.25) is 4.79 Å². The van der Waals surface area contributed by atoms with Crippen molar-refractivity contribution >= 4 is 17.4 Å². The molecule has 0 aliphatic heterocycles. The van der Waals surface area contributed by atoms with Crippen molar-refractivity contribution in [2.75, 3.05) is 0 Å². The smallest absolute Gasteiger partial charge is 0.211 e. The van der Waals surface area contributed by atoms with E-state index < -0.39 is 0 Å². The SMILES string of the molecule is C[C@H](c1ccc(F)cc1)n1cncc1C(=O)c1ccnc(Cl)c1. The average Bonchev–Trinajstić information content (AvgIpc) is 3.03. The van der Waals surface area contributed by atoms with Crippen LogP contribution in [0.5, 0.6) is 0 Å². The maximum absolute atomic E-state index is 13.1. The van der Waals surface area contributed by atoms with Gasteiger partial charge in [-0.25, -0.2) is 14.4 Å². The summed E-state index contributed by atoms with van der Waals surface area (Å²) in [5, 5.41) is 0.258. The largest absolute Gasteiger partial charge is 0.321 e. The number of imidazole rings is 1. The van der Waals surface area contributed by atoms with Gasteiger partial charge in [-0.15, -0.1) is 0 Å². The molecule has 116 valence electrons. The first-order valence-corrected chi connectivity index (χ1v) is 7.37. The Morgan fingerprint density at radius 3 is 2.70 bits per heavy atom. The van der Waals surface area contributed by atoms with Gasteiger partial charge in [0.05, 0.1) is 18.6 Å². The number of hydrogen-bond donors (Lipinski definition) is 0.